The summed E-state index contributed by atoms with van der Waals surface area (Å²) in [5.41, 5.74) is 1.19. The third-order valence-corrected chi connectivity index (χ3v) is 4.15. The van der Waals surface area contributed by atoms with Gasteiger partial charge in [0, 0.05) is 18.0 Å². The molecule has 0 aliphatic heterocycles. The second-order valence-electron chi connectivity index (χ2n) is 6.18. The Morgan fingerprint density at radius 1 is 0.968 bits per heavy atom. The second-order valence-corrected chi connectivity index (χ2v) is 6.18. The molecule has 0 amide bonds. The van der Waals surface area contributed by atoms with Crippen LogP contribution in [0, 0.1) is 0 Å². The molecule has 2 heterocycles. The van der Waals surface area contributed by atoms with Gasteiger partial charge in [-0.25, -0.2) is 24.5 Å². The van der Waals surface area contributed by atoms with E-state index in [0.717, 1.165) is 5.56 Å². The predicted molar refractivity (Wildman–Crippen MR) is 113 cm³/mol. The van der Waals surface area contributed by atoms with Crippen molar-refractivity contribution in [3.05, 3.63) is 59.9 Å². The molecule has 0 saturated carbocycles. The fourth-order valence-corrected chi connectivity index (χ4v) is 2.68. The van der Waals surface area contributed by atoms with E-state index in [1.165, 1.54) is 24.5 Å². The van der Waals surface area contributed by atoms with E-state index in [4.69, 9.17) is 14.2 Å². The average Bonchev–Trinajstić information content (AvgIpc) is 2.79. The summed E-state index contributed by atoms with van der Waals surface area (Å²) >= 11 is 0. The SMILES string of the molecule is CCOC(=O)c1ccnc(Nc2nc(-c3ccc(OC)cc3)ncc2C(=O)OCC)c1. The number of pyridine rings is 1. The van der Waals surface area contributed by atoms with E-state index >= 15 is 0 Å². The van der Waals surface area contributed by atoms with Gasteiger partial charge in [-0.05, 0) is 50.2 Å². The highest BCUT2D eigenvalue weighted by Gasteiger charge is 2.18. The van der Waals surface area contributed by atoms with Gasteiger partial charge in [-0.15, -0.1) is 0 Å². The van der Waals surface area contributed by atoms with Gasteiger partial charge in [0.05, 0.1) is 25.9 Å². The Morgan fingerprint density at radius 3 is 2.35 bits per heavy atom. The number of hydrogen-bond donors (Lipinski definition) is 1. The van der Waals surface area contributed by atoms with Gasteiger partial charge in [-0.2, -0.15) is 0 Å². The molecule has 1 N–H and O–H groups in total. The van der Waals surface area contributed by atoms with E-state index in [0.29, 0.717) is 23.0 Å². The van der Waals surface area contributed by atoms with Crippen molar-refractivity contribution >= 4 is 23.6 Å². The molecule has 9 nitrogen and oxygen atoms in total. The zero-order chi connectivity index (χ0) is 22.2. The van der Waals surface area contributed by atoms with Crippen LogP contribution in [0.5, 0.6) is 5.75 Å². The molecule has 0 unspecified atom stereocenters. The van der Waals surface area contributed by atoms with Crippen LogP contribution in [0.15, 0.2) is 48.8 Å². The second kappa shape index (κ2) is 10.1. The van der Waals surface area contributed by atoms with Gasteiger partial charge in [-0.3, -0.25) is 0 Å². The summed E-state index contributed by atoms with van der Waals surface area (Å²) in [6, 6.07) is 10.2. The number of carbonyl (C=O) groups is 2. The number of esters is 2. The molecule has 0 saturated heterocycles. The van der Waals surface area contributed by atoms with Crippen molar-refractivity contribution in [2.75, 3.05) is 25.6 Å². The number of hydrogen-bond acceptors (Lipinski definition) is 9. The highest BCUT2D eigenvalue weighted by atomic mass is 16.5. The lowest BCUT2D eigenvalue weighted by Gasteiger charge is -2.12. The van der Waals surface area contributed by atoms with Crippen LogP contribution in [0.3, 0.4) is 0 Å². The highest BCUT2D eigenvalue weighted by molar-refractivity contribution is 5.95. The van der Waals surface area contributed by atoms with Crippen molar-refractivity contribution in [3.63, 3.8) is 0 Å². The minimum Gasteiger partial charge on any atom is -0.497 e. The molecule has 160 valence electrons. The van der Waals surface area contributed by atoms with Gasteiger partial charge in [0.1, 0.15) is 22.9 Å². The first-order valence-corrected chi connectivity index (χ1v) is 9.64. The van der Waals surface area contributed by atoms with Gasteiger partial charge >= 0.3 is 11.9 Å². The molecule has 1 aromatic carbocycles. The summed E-state index contributed by atoms with van der Waals surface area (Å²) in [5.74, 6) is 0.557. The summed E-state index contributed by atoms with van der Waals surface area (Å²) in [7, 11) is 1.58. The Morgan fingerprint density at radius 2 is 1.68 bits per heavy atom. The van der Waals surface area contributed by atoms with E-state index in [9.17, 15) is 9.59 Å². The number of aromatic nitrogens is 3. The minimum absolute atomic E-state index is 0.141. The number of ether oxygens (including phenoxy) is 3. The van der Waals surface area contributed by atoms with Crippen LogP contribution in [-0.2, 0) is 9.47 Å². The number of anilines is 2. The summed E-state index contributed by atoms with van der Waals surface area (Å²) in [4.78, 5) is 37.4. The summed E-state index contributed by atoms with van der Waals surface area (Å²) in [6.07, 6.45) is 2.85. The van der Waals surface area contributed by atoms with Crippen LogP contribution in [0.25, 0.3) is 11.4 Å². The molecule has 3 aromatic rings. The Hall–Kier alpha value is -4.01. The van der Waals surface area contributed by atoms with Gasteiger partial charge in [0.2, 0.25) is 0 Å². The lowest BCUT2D eigenvalue weighted by atomic mass is 10.2. The molecule has 9 heteroatoms. The third-order valence-electron chi connectivity index (χ3n) is 4.15. The third kappa shape index (κ3) is 5.33. The Bertz CT molecular complexity index is 1070. The van der Waals surface area contributed by atoms with E-state index in [1.807, 2.05) is 12.1 Å². The largest absolute Gasteiger partial charge is 0.497 e. The van der Waals surface area contributed by atoms with Crippen LogP contribution < -0.4 is 10.1 Å². The molecule has 0 aliphatic carbocycles. The number of nitrogens with one attached hydrogen (secondary N) is 1. The monoisotopic (exact) mass is 422 g/mol. The van der Waals surface area contributed by atoms with Crippen molar-refractivity contribution in [3.8, 4) is 17.1 Å². The molecular formula is C22H22N4O5. The van der Waals surface area contributed by atoms with Gasteiger partial charge in [0.15, 0.2) is 5.82 Å². The number of benzene rings is 1. The molecule has 0 fully saturated rings. The Kier molecular flexibility index (Phi) is 7.10. The van der Waals surface area contributed by atoms with Crippen molar-refractivity contribution < 1.29 is 23.8 Å². The standard InChI is InChI=1S/C22H22N4O5/c1-4-30-21(27)15-10-11-23-18(12-15)25-20-17(22(28)31-5-2)13-24-19(26-20)14-6-8-16(29-3)9-7-14/h6-13H,4-5H2,1-3H3,(H,23,24,25,26). The minimum atomic E-state index is -0.576. The van der Waals surface area contributed by atoms with E-state index in [-0.39, 0.29) is 24.6 Å². The molecular weight excluding hydrogens is 400 g/mol. The normalized spacial score (nSPS) is 10.3. The first-order valence-electron chi connectivity index (χ1n) is 9.64. The van der Waals surface area contributed by atoms with Gasteiger partial charge in [0.25, 0.3) is 0 Å². The molecule has 2 aromatic heterocycles. The molecule has 3 rings (SSSR count). The maximum atomic E-state index is 12.4. The van der Waals surface area contributed by atoms with Crippen LogP contribution in [0.4, 0.5) is 11.6 Å². The van der Waals surface area contributed by atoms with Crippen LogP contribution in [0.1, 0.15) is 34.6 Å². The van der Waals surface area contributed by atoms with Crippen LogP contribution in [0.2, 0.25) is 0 Å². The first kappa shape index (κ1) is 21.7. The maximum Gasteiger partial charge on any atom is 0.343 e. The fraction of sp³-hybridized carbons (Fsp3) is 0.227. The van der Waals surface area contributed by atoms with Gasteiger partial charge < -0.3 is 19.5 Å². The summed E-state index contributed by atoms with van der Waals surface area (Å²) in [6.45, 7) is 3.90. The lowest BCUT2D eigenvalue weighted by molar-refractivity contribution is 0.0516. The van der Waals surface area contributed by atoms with Crippen LogP contribution in [-0.4, -0.2) is 47.2 Å². The molecule has 0 radical (unpaired) electrons. The smallest absolute Gasteiger partial charge is 0.343 e. The quantitative estimate of drug-likeness (QED) is 0.544. The van der Waals surface area contributed by atoms with E-state index in [2.05, 4.69) is 20.3 Å². The predicted octanol–water partition coefficient (Wildman–Crippen LogP) is 3.64. The van der Waals surface area contributed by atoms with Crippen molar-refractivity contribution in [2.24, 2.45) is 0 Å². The zero-order valence-electron chi connectivity index (χ0n) is 17.4. The number of carbonyl (C=O) groups excluding carboxylic acids is 2. The molecule has 0 atom stereocenters. The Labute approximate surface area is 179 Å². The fourth-order valence-electron chi connectivity index (χ4n) is 2.68. The number of nitrogens with zero attached hydrogens (tertiary/aromatic N) is 3. The molecule has 0 spiro atoms. The number of methoxy groups -OCH3 is 1. The number of rotatable bonds is 8. The van der Waals surface area contributed by atoms with Crippen molar-refractivity contribution in [1.29, 1.82) is 0 Å². The van der Waals surface area contributed by atoms with Crippen molar-refractivity contribution in [1.82, 2.24) is 15.0 Å². The van der Waals surface area contributed by atoms with E-state index < -0.39 is 11.9 Å². The van der Waals surface area contributed by atoms with Crippen LogP contribution >= 0.6 is 0 Å². The molecule has 0 aliphatic rings. The average molecular weight is 422 g/mol. The topological polar surface area (TPSA) is 113 Å². The zero-order valence-corrected chi connectivity index (χ0v) is 17.4. The summed E-state index contributed by atoms with van der Waals surface area (Å²) < 4.78 is 15.3. The molecule has 0 bridgehead atoms. The van der Waals surface area contributed by atoms with Crippen molar-refractivity contribution in [2.45, 2.75) is 13.8 Å². The summed E-state index contributed by atoms with van der Waals surface area (Å²) in [5, 5.41) is 2.99. The molecule has 31 heavy (non-hydrogen) atoms. The lowest BCUT2D eigenvalue weighted by Crippen LogP contribution is -2.12. The van der Waals surface area contributed by atoms with Gasteiger partial charge in [-0.1, -0.05) is 0 Å². The maximum absolute atomic E-state index is 12.4. The highest BCUT2D eigenvalue weighted by Crippen LogP contribution is 2.24. The first-order chi connectivity index (χ1) is 15.0. The Balaban J connectivity index is 1.98. The van der Waals surface area contributed by atoms with E-state index in [1.54, 1.807) is 33.1 Å².